The number of rotatable bonds is 9. The van der Waals surface area contributed by atoms with Crippen LogP contribution in [0.2, 0.25) is 0 Å². The number of hydrogen-bond acceptors (Lipinski definition) is 10. The molecule has 0 radical (unpaired) electrons. The molecular formula is C26H26F3N9O6. The summed E-state index contributed by atoms with van der Waals surface area (Å²) in [5.41, 5.74) is 7.61. The number of nitrogens with two attached hydrogens (primary N) is 1. The molecular weight excluding hydrogens is 591 g/mol. The van der Waals surface area contributed by atoms with E-state index in [1.165, 1.54) is 10.8 Å². The number of carbonyl (C=O) groups is 3. The average Bonchev–Trinajstić information content (AvgIpc) is 3.71. The van der Waals surface area contributed by atoms with Gasteiger partial charge in [0.15, 0.2) is 17.1 Å². The Hall–Kier alpha value is -5.52. The summed E-state index contributed by atoms with van der Waals surface area (Å²) in [7, 11) is 1.77. The van der Waals surface area contributed by atoms with Crippen molar-refractivity contribution in [2.45, 2.75) is 25.4 Å². The van der Waals surface area contributed by atoms with Crippen LogP contribution in [0.5, 0.6) is 0 Å². The van der Waals surface area contributed by atoms with Gasteiger partial charge in [-0.3, -0.25) is 14.8 Å². The molecule has 0 saturated carbocycles. The number of ether oxygens (including phenoxy) is 1. The minimum Gasteiger partial charge on any atom is -0.475 e. The molecule has 1 aromatic carbocycles. The summed E-state index contributed by atoms with van der Waals surface area (Å²) in [6.07, 6.45) is -0.0733. The SMILES string of the molecule is Cn1cc2c(nc(NC(=O)Nc3ccc(CC(=O)OCCCCN)cc3)n3nc(-c4ccco4)nc23)n1.O=C(O)C(F)(F)F. The van der Waals surface area contributed by atoms with Crippen LogP contribution in [0.3, 0.4) is 0 Å². The molecule has 5 rings (SSSR count). The molecule has 5 N–H and O–H groups in total. The number of benzene rings is 1. The van der Waals surface area contributed by atoms with Gasteiger partial charge in [0.1, 0.15) is 0 Å². The van der Waals surface area contributed by atoms with Crippen LogP contribution in [-0.4, -0.2) is 71.8 Å². The molecule has 4 aromatic heterocycles. The monoisotopic (exact) mass is 617 g/mol. The van der Waals surface area contributed by atoms with Crippen molar-refractivity contribution in [1.82, 2.24) is 29.4 Å². The van der Waals surface area contributed by atoms with Gasteiger partial charge < -0.3 is 25.3 Å². The minimum atomic E-state index is -5.08. The van der Waals surface area contributed by atoms with Gasteiger partial charge in [-0.05, 0) is 49.2 Å². The van der Waals surface area contributed by atoms with E-state index in [4.69, 9.17) is 24.8 Å². The van der Waals surface area contributed by atoms with E-state index >= 15 is 0 Å². The Morgan fingerprint density at radius 1 is 1.07 bits per heavy atom. The van der Waals surface area contributed by atoms with Crippen LogP contribution in [0, 0.1) is 0 Å². The minimum absolute atomic E-state index is 0.137. The lowest BCUT2D eigenvalue weighted by atomic mass is 10.1. The molecule has 44 heavy (non-hydrogen) atoms. The van der Waals surface area contributed by atoms with Gasteiger partial charge in [-0.2, -0.15) is 27.8 Å². The van der Waals surface area contributed by atoms with Crippen molar-refractivity contribution >= 4 is 46.3 Å². The number of hydrogen-bond donors (Lipinski definition) is 4. The first-order chi connectivity index (χ1) is 20.9. The first kappa shape index (κ1) is 31.4. The molecule has 0 atom stereocenters. The van der Waals surface area contributed by atoms with Gasteiger partial charge in [0.05, 0.1) is 24.7 Å². The Bertz CT molecular complexity index is 1750. The van der Waals surface area contributed by atoms with E-state index in [9.17, 15) is 22.8 Å². The second-order valence-corrected chi connectivity index (χ2v) is 9.10. The maximum atomic E-state index is 12.8. The zero-order valence-electron chi connectivity index (χ0n) is 23.0. The predicted molar refractivity (Wildman–Crippen MR) is 148 cm³/mol. The number of carboxylic acids is 1. The number of urea groups is 1. The van der Waals surface area contributed by atoms with Gasteiger partial charge in [-0.15, -0.1) is 5.10 Å². The highest BCUT2D eigenvalue weighted by Crippen LogP contribution is 2.24. The van der Waals surface area contributed by atoms with Crippen molar-refractivity contribution in [2.24, 2.45) is 12.8 Å². The number of amides is 2. The number of aryl methyl sites for hydroxylation is 1. The number of fused-ring (bicyclic) bond motifs is 3. The highest BCUT2D eigenvalue weighted by atomic mass is 19.4. The molecule has 5 aromatic rings. The van der Waals surface area contributed by atoms with Crippen LogP contribution in [0.25, 0.3) is 28.3 Å². The smallest absolute Gasteiger partial charge is 0.475 e. The maximum absolute atomic E-state index is 12.8. The predicted octanol–water partition coefficient (Wildman–Crippen LogP) is 3.37. The van der Waals surface area contributed by atoms with E-state index in [0.717, 1.165) is 18.4 Å². The molecule has 0 aliphatic heterocycles. The zero-order valence-corrected chi connectivity index (χ0v) is 23.0. The summed E-state index contributed by atoms with van der Waals surface area (Å²) in [6, 6.07) is 9.85. The molecule has 232 valence electrons. The van der Waals surface area contributed by atoms with E-state index in [-0.39, 0.29) is 18.3 Å². The number of aliphatic carboxylic acids is 1. The normalized spacial score (nSPS) is 11.2. The van der Waals surface area contributed by atoms with Crippen LogP contribution >= 0.6 is 0 Å². The number of aromatic nitrogens is 6. The Morgan fingerprint density at radius 3 is 2.43 bits per heavy atom. The first-order valence-electron chi connectivity index (χ1n) is 12.9. The van der Waals surface area contributed by atoms with Crippen LogP contribution in [0.4, 0.5) is 29.6 Å². The highest BCUT2D eigenvalue weighted by Gasteiger charge is 2.38. The molecule has 0 aliphatic rings. The quantitative estimate of drug-likeness (QED) is 0.139. The summed E-state index contributed by atoms with van der Waals surface area (Å²) in [4.78, 5) is 42.6. The van der Waals surface area contributed by atoms with E-state index in [0.29, 0.717) is 47.1 Å². The number of alkyl halides is 3. The number of anilines is 2. The van der Waals surface area contributed by atoms with Crippen LogP contribution in [-0.2, 0) is 27.8 Å². The average molecular weight is 618 g/mol. The second kappa shape index (κ2) is 13.6. The van der Waals surface area contributed by atoms with Gasteiger partial charge in [0.25, 0.3) is 0 Å². The molecule has 0 saturated heterocycles. The molecule has 18 heteroatoms. The third kappa shape index (κ3) is 8.06. The third-order valence-corrected chi connectivity index (χ3v) is 5.70. The molecule has 2 amide bonds. The number of nitrogens with one attached hydrogen (secondary N) is 2. The summed E-state index contributed by atoms with van der Waals surface area (Å²) < 4.78 is 45.4. The van der Waals surface area contributed by atoms with Crippen molar-refractivity contribution in [2.75, 3.05) is 23.8 Å². The van der Waals surface area contributed by atoms with Crippen LogP contribution in [0.15, 0.2) is 53.3 Å². The van der Waals surface area contributed by atoms with Crippen molar-refractivity contribution in [3.63, 3.8) is 0 Å². The standard InChI is InChI=1S/C24H25N9O4.C2HF3O2/c1-32-14-17-20(30-32)28-23(33-22(17)27-21(31-33)18-5-4-12-36-18)29-24(35)26-16-8-6-15(7-9-16)13-19(34)37-11-3-2-10-25;3-2(4,5)1(6)7/h4-9,12,14H,2-3,10-11,13,25H2,1H3,(H2,26,28,29,30,35);(H,6,7). The van der Waals surface area contributed by atoms with Gasteiger partial charge in [-0.1, -0.05) is 12.1 Å². The van der Waals surface area contributed by atoms with E-state index < -0.39 is 18.2 Å². The Kier molecular flexibility index (Phi) is 9.74. The summed E-state index contributed by atoms with van der Waals surface area (Å²) >= 11 is 0. The Morgan fingerprint density at radius 2 is 1.80 bits per heavy atom. The fraction of sp³-hybridized carbons (Fsp3) is 0.269. The Balaban J connectivity index is 0.000000566. The van der Waals surface area contributed by atoms with E-state index in [1.54, 1.807) is 54.3 Å². The molecule has 15 nitrogen and oxygen atoms in total. The number of unbranched alkanes of at least 4 members (excludes halogenated alkanes) is 1. The number of esters is 1. The lowest BCUT2D eigenvalue weighted by molar-refractivity contribution is -0.192. The molecule has 0 bridgehead atoms. The summed E-state index contributed by atoms with van der Waals surface area (Å²) in [5.74, 6) is -2.10. The lowest BCUT2D eigenvalue weighted by Gasteiger charge is -2.09. The fourth-order valence-electron chi connectivity index (χ4n) is 3.71. The van der Waals surface area contributed by atoms with Gasteiger partial charge >= 0.3 is 24.1 Å². The third-order valence-electron chi connectivity index (χ3n) is 5.70. The number of furan rings is 1. The van der Waals surface area contributed by atoms with Crippen molar-refractivity contribution in [3.05, 3.63) is 54.4 Å². The Labute approximate surface area is 245 Å². The number of nitrogens with zero attached hydrogens (tertiary/aromatic N) is 6. The molecule has 0 fully saturated rings. The highest BCUT2D eigenvalue weighted by molar-refractivity contribution is 6.00. The number of halogens is 3. The van der Waals surface area contributed by atoms with E-state index in [1.807, 2.05) is 0 Å². The number of carbonyl (C=O) groups excluding carboxylic acids is 2. The first-order valence-corrected chi connectivity index (χ1v) is 12.9. The molecule has 0 spiro atoms. The van der Waals surface area contributed by atoms with Crippen molar-refractivity contribution < 1.29 is 41.8 Å². The van der Waals surface area contributed by atoms with Crippen LogP contribution < -0.4 is 16.4 Å². The fourth-order valence-corrected chi connectivity index (χ4v) is 3.71. The van der Waals surface area contributed by atoms with Gasteiger partial charge in [0.2, 0.25) is 11.8 Å². The van der Waals surface area contributed by atoms with Gasteiger partial charge in [-0.25, -0.2) is 14.6 Å². The lowest BCUT2D eigenvalue weighted by Crippen LogP contribution is -2.22. The summed E-state index contributed by atoms with van der Waals surface area (Å²) in [5, 5.41) is 22.1. The van der Waals surface area contributed by atoms with Gasteiger partial charge in [0, 0.05) is 18.9 Å². The molecule has 4 heterocycles. The topological polar surface area (TPSA) is 205 Å². The molecule has 0 aliphatic carbocycles. The largest absolute Gasteiger partial charge is 0.490 e. The second-order valence-electron chi connectivity index (χ2n) is 9.10. The van der Waals surface area contributed by atoms with Crippen molar-refractivity contribution in [1.29, 1.82) is 0 Å². The number of carboxylic acid groups (broad SMARTS) is 1. The molecule has 0 unspecified atom stereocenters. The summed E-state index contributed by atoms with van der Waals surface area (Å²) in [6.45, 7) is 0.930. The zero-order chi connectivity index (χ0) is 31.9. The maximum Gasteiger partial charge on any atom is 0.490 e. The van der Waals surface area contributed by atoms with Crippen molar-refractivity contribution in [3.8, 4) is 11.6 Å². The van der Waals surface area contributed by atoms with E-state index in [2.05, 4.69) is 30.8 Å². The van der Waals surface area contributed by atoms with Crippen LogP contribution in [0.1, 0.15) is 18.4 Å².